The molecule has 0 bridgehead atoms. The van der Waals surface area contributed by atoms with E-state index in [1.165, 1.54) is 18.6 Å². The van der Waals surface area contributed by atoms with Crippen LogP contribution in [0.3, 0.4) is 0 Å². The van der Waals surface area contributed by atoms with E-state index in [0.29, 0.717) is 0 Å². The van der Waals surface area contributed by atoms with Gasteiger partial charge in [-0.3, -0.25) is 4.57 Å². The number of rotatable bonds is 5. The highest BCUT2D eigenvalue weighted by Crippen LogP contribution is 2.41. The molecule has 1 aromatic rings. The van der Waals surface area contributed by atoms with Crippen molar-refractivity contribution >= 4 is 12.2 Å². The lowest BCUT2D eigenvalue weighted by molar-refractivity contribution is -0.124. The van der Waals surface area contributed by atoms with Crippen molar-refractivity contribution in [2.24, 2.45) is 16.0 Å². The third-order valence-electron chi connectivity index (χ3n) is 3.69. The van der Waals surface area contributed by atoms with E-state index < -0.39 is 36.3 Å². The molecule has 11 heteroatoms. The summed E-state index contributed by atoms with van der Waals surface area (Å²) in [4.78, 5) is 24.4. The summed E-state index contributed by atoms with van der Waals surface area (Å²) in [6.45, 7) is 0.899. The fraction of sp³-hybridized carbons (Fsp3) is 0.615. The van der Waals surface area contributed by atoms with Crippen LogP contribution in [-0.2, 0) is 4.74 Å². The molecule has 11 nitrogen and oxygen atoms in total. The van der Waals surface area contributed by atoms with E-state index in [1.54, 1.807) is 25.9 Å². The summed E-state index contributed by atoms with van der Waals surface area (Å²) in [6.07, 6.45) is 0.712. The molecule has 2 rings (SSSR count). The molecule has 0 aromatic carbocycles. The van der Waals surface area contributed by atoms with Gasteiger partial charge in [-0.2, -0.15) is 4.98 Å². The second-order valence-corrected chi connectivity index (χ2v) is 5.69. The summed E-state index contributed by atoms with van der Waals surface area (Å²) in [7, 11) is 3.56. The van der Waals surface area contributed by atoms with Gasteiger partial charge in [-0.05, 0) is 11.6 Å². The zero-order valence-electron chi connectivity index (χ0n) is 13.5. The summed E-state index contributed by atoms with van der Waals surface area (Å²) in [5.74, 6) is -0.391. The third-order valence-corrected chi connectivity index (χ3v) is 3.69. The molecular formula is C13H19N7O4. The number of ether oxygens (including phenoxy) is 1. The van der Waals surface area contributed by atoms with Gasteiger partial charge in [-0.1, -0.05) is 12.0 Å². The summed E-state index contributed by atoms with van der Waals surface area (Å²) < 4.78 is 6.68. The number of nitrogens with zero attached hydrogens (tertiary/aromatic N) is 7. The molecule has 24 heavy (non-hydrogen) atoms. The lowest BCUT2D eigenvalue weighted by Crippen LogP contribution is -2.42. The Kier molecular flexibility index (Phi) is 5.20. The highest BCUT2D eigenvalue weighted by atomic mass is 16.6. The van der Waals surface area contributed by atoms with Gasteiger partial charge in [0.2, 0.25) is 0 Å². The average Bonchev–Trinajstić information content (AvgIpc) is 2.79. The standard InChI is InChI=1S/C13H19N7O4/c1-8-10(22)13(6-21,17-18-14)24-11(8)20-5-4-9(16-12(20)23)15-7-19(2)3/h4-5,7-8,10-11,21-22H,6H2,1-3H3. The quantitative estimate of drug-likeness (QED) is 0.254. The largest absolute Gasteiger partial charge is 0.393 e. The van der Waals surface area contributed by atoms with Crippen molar-refractivity contribution in [1.82, 2.24) is 14.5 Å². The molecule has 0 saturated carbocycles. The summed E-state index contributed by atoms with van der Waals surface area (Å²) in [5, 5.41) is 23.1. The average molecular weight is 337 g/mol. The zero-order valence-corrected chi connectivity index (χ0v) is 13.5. The van der Waals surface area contributed by atoms with Crippen LogP contribution in [0, 0.1) is 5.92 Å². The Morgan fingerprint density at radius 1 is 1.62 bits per heavy atom. The molecule has 1 aromatic heterocycles. The number of aliphatic hydroxyl groups is 2. The molecule has 0 amide bonds. The maximum Gasteiger partial charge on any atom is 0.351 e. The van der Waals surface area contributed by atoms with Gasteiger partial charge in [0.15, 0.2) is 11.5 Å². The van der Waals surface area contributed by atoms with Crippen LogP contribution in [0.2, 0.25) is 0 Å². The van der Waals surface area contributed by atoms with E-state index in [-0.39, 0.29) is 5.82 Å². The van der Waals surface area contributed by atoms with E-state index in [1.807, 2.05) is 0 Å². The predicted molar refractivity (Wildman–Crippen MR) is 84.6 cm³/mol. The fourth-order valence-electron chi connectivity index (χ4n) is 2.43. The summed E-state index contributed by atoms with van der Waals surface area (Å²) >= 11 is 0. The van der Waals surface area contributed by atoms with Crippen LogP contribution in [0.1, 0.15) is 13.2 Å². The molecule has 1 aliphatic heterocycles. The monoisotopic (exact) mass is 337 g/mol. The maximum absolute atomic E-state index is 12.2. The van der Waals surface area contributed by atoms with Crippen molar-refractivity contribution in [2.45, 2.75) is 25.0 Å². The van der Waals surface area contributed by atoms with Crippen LogP contribution in [0.4, 0.5) is 5.82 Å². The SMILES string of the molecule is CC1C(n2ccc(N=CN(C)C)nc2=O)OC(CO)(N=[N+]=[N-])C1O. The van der Waals surface area contributed by atoms with Crippen LogP contribution in [0.15, 0.2) is 27.2 Å². The first-order valence-corrected chi connectivity index (χ1v) is 7.17. The van der Waals surface area contributed by atoms with Crippen molar-refractivity contribution in [1.29, 1.82) is 0 Å². The minimum absolute atomic E-state index is 0.222. The van der Waals surface area contributed by atoms with Crippen LogP contribution in [-0.4, -0.2) is 63.5 Å². The molecule has 1 aliphatic rings. The molecular weight excluding hydrogens is 318 g/mol. The smallest absolute Gasteiger partial charge is 0.351 e. The van der Waals surface area contributed by atoms with Gasteiger partial charge >= 0.3 is 5.69 Å². The first-order chi connectivity index (χ1) is 11.3. The highest BCUT2D eigenvalue weighted by Gasteiger charge is 2.53. The Balaban J connectivity index is 2.35. The van der Waals surface area contributed by atoms with E-state index in [0.717, 1.165) is 4.57 Å². The van der Waals surface area contributed by atoms with Crippen molar-refractivity contribution in [3.63, 3.8) is 0 Å². The molecule has 4 unspecified atom stereocenters. The molecule has 2 heterocycles. The van der Waals surface area contributed by atoms with Gasteiger partial charge in [-0.15, -0.1) is 0 Å². The molecule has 130 valence electrons. The normalized spacial score (nSPS) is 29.6. The molecule has 1 saturated heterocycles. The number of aromatic nitrogens is 2. The highest BCUT2D eigenvalue weighted by molar-refractivity contribution is 5.58. The molecule has 0 radical (unpaired) electrons. The van der Waals surface area contributed by atoms with E-state index >= 15 is 0 Å². The van der Waals surface area contributed by atoms with Crippen LogP contribution in [0.25, 0.3) is 10.4 Å². The molecule has 2 N–H and O–H groups in total. The maximum atomic E-state index is 12.2. The minimum Gasteiger partial charge on any atom is -0.393 e. The number of hydrogen-bond donors (Lipinski definition) is 2. The predicted octanol–water partition coefficient (Wildman–Crippen LogP) is -0.0106. The van der Waals surface area contributed by atoms with E-state index in [4.69, 9.17) is 10.3 Å². The Hall–Kier alpha value is -2.46. The number of aliphatic hydroxyl groups excluding tert-OH is 2. The minimum atomic E-state index is -1.83. The lowest BCUT2D eigenvalue weighted by Gasteiger charge is -2.24. The summed E-state index contributed by atoms with van der Waals surface area (Å²) in [6, 6.07) is 1.51. The first kappa shape index (κ1) is 17.9. The van der Waals surface area contributed by atoms with Crippen molar-refractivity contribution in [2.75, 3.05) is 20.7 Å². The van der Waals surface area contributed by atoms with Gasteiger partial charge < -0.3 is 19.8 Å². The van der Waals surface area contributed by atoms with E-state index in [9.17, 15) is 15.0 Å². The first-order valence-electron chi connectivity index (χ1n) is 7.17. The van der Waals surface area contributed by atoms with Crippen molar-refractivity contribution < 1.29 is 14.9 Å². The van der Waals surface area contributed by atoms with Crippen LogP contribution in [0.5, 0.6) is 0 Å². The fourth-order valence-corrected chi connectivity index (χ4v) is 2.43. The van der Waals surface area contributed by atoms with Gasteiger partial charge in [0.25, 0.3) is 0 Å². The van der Waals surface area contributed by atoms with Gasteiger partial charge in [0.05, 0.1) is 19.0 Å². The van der Waals surface area contributed by atoms with Crippen LogP contribution >= 0.6 is 0 Å². The van der Waals surface area contributed by atoms with Crippen LogP contribution < -0.4 is 5.69 Å². The molecule has 0 spiro atoms. The topological polar surface area (TPSA) is 149 Å². The molecule has 1 fully saturated rings. The number of azide groups is 1. The molecule has 4 atom stereocenters. The number of hydrogen-bond acceptors (Lipinski definition) is 7. The van der Waals surface area contributed by atoms with Crippen molar-refractivity contribution in [3.05, 3.63) is 33.2 Å². The van der Waals surface area contributed by atoms with Gasteiger partial charge in [-0.25, -0.2) is 9.79 Å². The van der Waals surface area contributed by atoms with E-state index in [2.05, 4.69) is 20.0 Å². The van der Waals surface area contributed by atoms with Gasteiger partial charge in [0.1, 0.15) is 6.23 Å². The second-order valence-electron chi connectivity index (χ2n) is 5.69. The zero-order chi connectivity index (χ0) is 17.9. The summed E-state index contributed by atoms with van der Waals surface area (Å²) in [5.41, 5.74) is 6.16. The molecule has 0 aliphatic carbocycles. The van der Waals surface area contributed by atoms with Gasteiger partial charge in [0, 0.05) is 31.1 Å². The third kappa shape index (κ3) is 3.24. The Morgan fingerprint density at radius 2 is 2.33 bits per heavy atom. The Morgan fingerprint density at radius 3 is 2.88 bits per heavy atom. The Bertz CT molecular complexity index is 727. The second kappa shape index (κ2) is 6.97. The lowest BCUT2D eigenvalue weighted by atomic mass is 9.98. The number of aliphatic imine (C=N–C) groups is 1. The van der Waals surface area contributed by atoms with Crippen molar-refractivity contribution in [3.8, 4) is 0 Å². The Labute approximate surface area is 137 Å².